The Morgan fingerprint density at radius 2 is 0.741 bits per heavy atom. The molecule has 2 nitrogen and oxygen atoms in total. The quantitative estimate of drug-likeness (QED) is 0.175. The minimum absolute atomic E-state index is 0.0937. The molecular weight excluding hydrogens is 701 g/mol. The molecule has 276 valence electrons. The zero-order valence-electron chi connectivity index (χ0n) is 33.2. The minimum Gasteiger partial charge on any atom is -0.228 e. The Kier molecular flexibility index (Phi) is 7.59. The van der Waals surface area contributed by atoms with Crippen LogP contribution in [0.1, 0.15) is 49.9 Å². The van der Waals surface area contributed by atoms with E-state index in [9.17, 15) is 0 Å². The summed E-state index contributed by atoms with van der Waals surface area (Å²) in [5, 5.41) is 2.54. The minimum atomic E-state index is -0.140. The highest BCUT2D eigenvalue weighted by atomic mass is 14.9. The van der Waals surface area contributed by atoms with Crippen LogP contribution in [0.2, 0.25) is 0 Å². The van der Waals surface area contributed by atoms with E-state index in [1.54, 1.807) is 0 Å². The van der Waals surface area contributed by atoms with Crippen LogP contribution >= 0.6 is 0 Å². The molecule has 0 saturated carbocycles. The van der Waals surface area contributed by atoms with Crippen molar-refractivity contribution in [3.05, 3.63) is 204 Å². The molecule has 0 spiro atoms. The maximum atomic E-state index is 5.39. The second-order valence-corrected chi connectivity index (χ2v) is 16.9. The van der Waals surface area contributed by atoms with Crippen LogP contribution in [0.5, 0.6) is 0 Å². The van der Waals surface area contributed by atoms with Gasteiger partial charge in [0.25, 0.3) is 0 Å². The van der Waals surface area contributed by atoms with Gasteiger partial charge in [-0.3, -0.25) is 0 Å². The first-order valence-corrected chi connectivity index (χ1v) is 20.3. The van der Waals surface area contributed by atoms with Gasteiger partial charge in [-0.1, -0.05) is 191 Å². The third kappa shape index (κ3) is 5.11. The molecule has 0 amide bonds. The lowest BCUT2D eigenvalue weighted by atomic mass is 9.81. The SMILES string of the molecule is CC1(C)c2ccccc2-c2c(-c3ccccc3-c3cc(-c4ccccc4-c4cccc5c4-c4cc6ccccc6cc4C5(C)C)nc(-c4ccccc4)n3)cccc21. The van der Waals surface area contributed by atoms with Gasteiger partial charge in [0.1, 0.15) is 0 Å². The molecule has 2 aliphatic carbocycles. The third-order valence-electron chi connectivity index (χ3n) is 12.9. The fourth-order valence-electron chi connectivity index (χ4n) is 10.00. The number of aromatic nitrogens is 2. The molecule has 9 aromatic rings. The summed E-state index contributed by atoms with van der Waals surface area (Å²) in [7, 11) is 0. The lowest BCUT2D eigenvalue weighted by Crippen LogP contribution is -2.14. The lowest BCUT2D eigenvalue weighted by molar-refractivity contribution is 0.660. The van der Waals surface area contributed by atoms with E-state index in [4.69, 9.17) is 9.97 Å². The zero-order valence-corrected chi connectivity index (χ0v) is 33.2. The van der Waals surface area contributed by atoms with E-state index in [-0.39, 0.29) is 10.8 Å². The number of hydrogen-bond acceptors (Lipinski definition) is 2. The smallest absolute Gasteiger partial charge is 0.160 e. The first kappa shape index (κ1) is 34.4. The molecule has 0 saturated heterocycles. The Bertz CT molecular complexity index is 3110. The molecule has 58 heavy (non-hydrogen) atoms. The highest BCUT2D eigenvalue weighted by Gasteiger charge is 2.38. The van der Waals surface area contributed by atoms with Gasteiger partial charge < -0.3 is 0 Å². The summed E-state index contributed by atoms with van der Waals surface area (Å²) >= 11 is 0. The van der Waals surface area contributed by atoms with E-state index in [2.05, 4.69) is 204 Å². The lowest BCUT2D eigenvalue weighted by Gasteiger charge is -2.22. The summed E-state index contributed by atoms with van der Waals surface area (Å²) < 4.78 is 0. The topological polar surface area (TPSA) is 25.8 Å². The maximum absolute atomic E-state index is 5.39. The fourth-order valence-corrected chi connectivity index (χ4v) is 10.00. The standard InChI is InChI=1S/C56H42N2/c1-55(2)46-29-15-14-26-44(46)52-42(27-16-30-47(52)55)38-22-10-12-24-40(38)50-34-51(58-54(57-50)35-18-6-5-7-19-35)41-25-13-11-23-39(41)43-28-17-31-48-53(43)45-32-36-20-8-9-21-37(36)33-49(45)56(48,3)4/h5-34H,1-4H3. The summed E-state index contributed by atoms with van der Waals surface area (Å²) in [4.78, 5) is 10.8. The van der Waals surface area contributed by atoms with Crippen molar-refractivity contribution in [1.29, 1.82) is 0 Å². The summed E-state index contributed by atoms with van der Waals surface area (Å²) in [6.07, 6.45) is 0. The van der Waals surface area contributed by atoms with Gasteiger partial charge in [0, 0.05) is 27.5 Å². The molecule has 8 aromatic carbocycles. The molecule has 11 rings (SSSR count). The number of hydrogen-bond donors (Lipinski definition) is 0. The van der Waals surface area contributed by atoms with Crippen LogP contribution in [0.15, 0.2) is 182 Å². The summed E-state index contributed by atoms with van der Waals surface area (Å²) in [6, 6.07) is 66.2. The van der Waals surface area contributed by atoms with E-state index in [1.165, 1.54) is 66.4 Å². The Balaban J connectivity index is 1.13. The predicted octanol–water partition coefficient (Wildman–Crippen LogP) is 14.6. The number of rotatable bonds is 5. The predicted molar refractivity (Wildman–Crippen MR) is 242 cm³/mol. The van der Waals surface area contributed by atoms with Gasteiger partial charge >= 0.3 is 0 Å². The van der Waals surface area contributed by atoms with Gasteiger partial charge in [-0.25, -0.2) is 9.97 Å². The van der Waals surface area contributed by atoms with Crippen LogP contribution in [0.25, 0.3) is 89.2 Å². The number of benzene rings is 8. The summed E-state index contributed by atoms with van der Waals surface area (Å²) in [5.74, 6) is 0.707. The molecule has 0 bridgehead atoms. The molecule has 0 unspecified atom stereocenters. The van der Waals surface area contributed by atoms with Crippen LogP contribution < -0.4 is 0 Å². The van der Waals surface area contributed by atoms with Crippen molar-refractivity contribution in [1.82, 2.24) is 9.97 Å². The van der Waals surface area contributed by atoms with Crippen molar-refractivity contribution >= 4 is 10.8 Å². The normalized spacial score (nSPS) is 14.1. The molecule has 0 fully saturated rings. The zero-order chi connectivity index (χ0) is 39.2. The van der Waals surface area contributed by atoms with Gasteiger partial charge in [-0.05, 0) is 95.7 Å². The Hall–Kier alpha value is -6.90. The molecule has 2 aliphatic rings. The van der Waals surface area contributed by atoms with Crippen molar-refractivity contribution < 1.29 is 0 Å². The highest BCUT2D eigenvalue weighted by molar-refractivity contribution is 6.01. The Labute approximate surface area is 340 Å². The first-order chi connectivity index (χ1) is 28.3. The Morgan fingerprint density at radius 3 is 1.34 bits per heavy atom. The van der Waals surface area contributed by atoms with Crippen molar-refractivity contribution in [2.75, 3.05) is 0 Å². The molecule has 0 aliphatic heterocycles. The number of nitrogens with zero attached hydrogens (tertiary/aromatic N) is 2. The second-order valence-electron chi connectivity index (χ2n) is 16.9. The van der Waals surface area contributed by atoms with Crippen molar-refractivity contribution in [2.45, 2.75) is 38.5 Å². The van der Waals surface area contributed by atoms with E-state index in [1.807, 2.05) is 6.07 Å². The van der Waals surface area contributed by atoms with Gasteiger partial charge in [0.2, 0.25) is 0 Å². The van der Waals surface area contributed by atoms with E-state index < -0.39 is 0 Å². The monoisotopic (exact) mass is 742 g/mol. The van der Waals surface area contributed by atoms with Gasteiger partial charge in [-0.2, -0.15) is 0 Å². The largest absolute Gasteiger partial charge is 0.228 e. The molecule has 0 N–H and O–H groups in total. The molecule has 0 radical (unpaired) electrons. The highest BCUT2D eigenvalue weighted by Crippen LogP contribution is 2.55. The van der Waals surface area contributed by atoms with Gasteiger partial charge in [0.15, 0.2) is 5.82 Å². The Morgan fingerprint density at radius 1 is 0.310 bits per heavy atom. The summed E-state index contributed by atoms with van der Waals surface area (Å²) in [6.45, 7) is 9.42. The van der Waals surface area contributed by atoms with Crippen LogP contribution in [0.4, 0.5) is 0 Å². The fraction of sp³-hybridized carbons (Fsp3) is 0.107. The summed E-state index contributed by atoms with van der Waals surface area (Å²) in [5.41, 5.74) is 20.2. The van der Waals surface area contributed by atoms with Crippen molar-refractivity contribution in [3.63, 3.8) is 0 Å². The van der Waals surface area contributed by atoms with Crippen LogP contribution in [-0.4, -0.2) is 9.97 Å². The maximum Gasteiger partial charge on any atom is 0.160 e. The molecular formula is C56H42N2. The molecule has 2 heteroatoms. The van der Waals surface area contributed by atoms with Crippen LogP contribution in [0.3, 0.4) is 0 Å². The average molecular weight is 743 g/mol. The van der Waals surface area contributed by atoms with Crippen LogP contribution in [-0.2, 0) is 10.8 Å². The van der Waals surface area contributed by atoms with E-state index in [0.29, 0.717) is 5.82 Å². The van der Waals surface area contributed by atoms with E-state index in [0.717, 1.165) is 39.2 Å². The molecule has 0 atom stereocenters. The van der Waals surface area contributed by atoms with E-state index >= 15 is 0 Å². The van der Waals surface area contributed by atoms with Crippen molar-refractivity contribution in [3.8, 4) is 78.4 Å². The molecule has 1 aromatic heterocycles. The van der Waals surface area contributed by atoms with Crippen molar-refractivity contribution in [2.24, 2.45) is 0 Å². The third-order valence-corrected chi connectivity index (χ3v) is 12.9. The average Bonchev–Trinajstić information content (AvgIpc) is 3.65. The van der Waals surface area contributed by atoms with Gasteiger partial charge in [0.05, 0.1) is 11.4 Å². The van der Waals surface area contributed by atoms with Gasteiger partial charge in [-0.15, -0.1) is 0 Å². The van der Waals surface area contributed by atoms with Crippen LogP contribution in [0, 0.1) is 0 Å². The number of fused-ring (bicyclic) bond motifs is 7. The second kappa shape index (κ2) is 12.8. The molecule has 1 heterocycles. The first-order valence-electron chi connectivity index (χ1n) is 20.3.